The number of amides is 1. The Morgan fingerprint density at radius 3 is 2.54 bits per heavy atom. The van der Waals surface area contributed by atoms with Gasteiger partial charge in [-0.1, -0.05) is 17.7 Å². The maximum Gasteiger partial charge on any atom is 0.338 e. The van der Waals surface area contributed by atoms with E-state index in [1.54, 1.807) is 27.3 Å². The molecule has 0 saturated heterocycles. The molecule has 0 spiro atoms. The van der Waals surface area contributed by atoms with Crippen molar-refractivity contribution in [3.63, 3.8) is 0 Å². The number of fused-ring (bicyclic) bond motifs is 1. The molecule has 2 heterocycles. The Kier molecular flexibility index (Phi) is 6.80. The first-order valence-corrected chi connectivity index (χ1v) is 8.73. The van der Waals surface area contributed by atoms with Crippen molar-refractivity contribution < 1.29 is 9.53 Å². The van der Waals surface area contributed by atoms with Crippen LogP contribution in [0.3, 0.4) is 0 Å². The van der Waals surface area contributed by atoms with Crippen molar-refractivity contribution in [2.24, 2.45) is 7.05 Å². The van der Waals surface area contributed by atoms with Crippen LogP contribution in [0.15, 0.2) is 35.3 Å². The quantitative estimate of drug-likeness (QED) is 0.609. The normalized spacial score (nSPS) is 10.6. The third-order valence-corrected chi connectivity index (χ3v) is 4.26. The summed E-state index contributed by atoms with van der Waals surface area (Å²) in [4.78, 5) is 34.8. The summed E-state index contributed by atoms with van der Waals surface area (Å²) < 4.78 is 8.16. The molecule has 0 fully saturated rings. The van der Waals surface area contributed by atoms with E-state index >= 15 is 0 Å². The Morgan fingerprint density at radius 1 is 1.21 bits per heavy atom. The number of benzene rings is 1. The molecule has 150 valence electrons. The van der Waals surface area contributed by atoms with Crippen LogP contribution in [0.25, 0.3) is 11.2 Å². The molecule has 28 heavy (non-hydrogen) atoms. The van der Waals surface area contributed by atoms with Crippen LogP contribution in [0.1, 0.15) is 17.8 Å². The molecule has 0 N–H and O–H groups in total. The zero-order chi connectivity index (χ0) is 19.6. The lowest BCUT2D eigenvalue weighted by molar-refractivity contribution is 0.219. The summed E-state index contributed by atoms with van der Waals surface area (Å²) in [6, 6.07) is 7.45. The molecule has 8 nitrogen and oxygen atoms in total. The van der Waals surface area contributed by atoms with E-state index in [9.17, 15) is 9.59 Å². The minimum Gasteiger partial charge on any atom is -0.494 e. The van der Waals surface area contributed by atoms with Gasteiger partial charge < -0.3 is 9.64 Å². The summed E-state index contributed by atoms with van der Waals surface area (Å²) in [5, 5.41) is 0. The van der Waals surface area contributed by atoms with Crippen LogP contribution in [0.5, 0.6) is 5.75 Å². The number of carbonyl (C=O) groups is 1. The molecule has 0 aliphatic heterocycles. The molecule has 1 amide bonds. The van der Waals surface area contributed by atoms with Crippen LogP contribution in [0, 0.1) is 6.92 Å². The van der Waals surface area contributed by atoms with Gasteiger partial charge in [0.1, 0.15) is 17.1 Å². The van der Waals surface area contributed by atoms with Crippen molar-refractivity contribution in [1.82, 2.24) is 24.0 Å². The van der Waals surface area contributed by atoms with Crippen molar-refractivity contribution in [2.75, 3.05) is 20.7 Å². The molecular weight excluding hydrogens is 382 g/mol. The predicted molar refractivity (Wildman–Crippen MR) is 109 cm³/mol. The molecule has 0 saturated carbocycles. The van der Waals surface area contributed by atoms with E-state index in [0.29, 0.717) is 30.0 Å². The van der Waals surface area contributed by atoms with Gasteiger partial charge in [0.2, 0.25) is 0 Å². The molecule has 1 aromatic carbocycles. The van der Waals surface area contributed by atoms with Gasteiger partial charge in [-0.3, -0.25) is 4.57 Å². The molecule has 0 aliphatic carbocycles. The lowest BCUT2D eigenvalue weighted by Gasteiger charge is -2.10. The highest BCUT2D eigenvalue weighted by Gasteiger charge is 2.20. The van der Waals surface area contributed by atoms with E-state index in [0.717, 1.165) is 16.7 Å². The smallest absolute Gasteiger partial charge is 0.338 e. The number of rotatable bonds is 5. The van der Waals surface area contributed by atoms with Crippen LogP contribution in [0.4, 0.5) is 4.79 Å². The highest BCUT2D eigenvalue weighted by atomic mass is 35.5. The maximum absolute atomic E-state index is 12.4. The number of carbonyl (C=O) groups excluding carboxylic acids is 1. The summed E-state index contributed by atoms with van der Waals surface area (Å²) >= 11 is 0. The molecule has 0 radical (unpaired) electrons. The number of aryl methyl sites for hydroxylation is 3. The van der Waals surface area contributed by atoms with E-state index in [1.807, 2.05) is 31.2 Å². The van der Waals surface area contributed by atoms with Crippen LogP contribution in [-0.4, -0.2) is 50.7 Å². The van der Waals surface area contributed by atoms with E-state index in [4.69, 9.17) is 4.74 Å². The topological polar surface area (TPSA) is 82.2 Å². The Balaban J connectivity index is 0.00000280. The third-order valence-electron chi connectivity index (χ3n) is 4.26. The number of nitrogens with zero attached hydrogens (tertiary/aromatic N) is 5. The standard InChI is InChI=1S/C19H23N5O3.ClH/c1-13-7-9-14(10-8-13)27-11-5-6-16-20-12-15-17(21-16)24(18(25)22(2)3)19(26)23(15)4;/h7-10,12H,5-6,11H2,1-4H3;1H. The average Bonchev–Trinajstić information content (AvgIpc) is 2.90. The number of halogens is 1. The SMILES string of the molecule is Cc1ccc(OCCCc2ncc3c(n2)n(C(=O)N(C)C)c(=O)n3C)cc1.Cl. The van der Waals surface area contributed by atoms with Crippen molar-refractivity contribution in [3.8, 4) is 5.75 Å². The van der Waals surface area contributed by atoms with Crippen LogP contribution in [-0.2, 0) is 13.5 Å². The number of hydrogen-bond acceptors (Lipinski definition) is 5. The molecular formula is C19H24ClN5O3. The number of ether oxygens (including phenoxy) is 1. The van der Waals surface area contributed by atoms with Crippen molar-refractivity contribution in [3.05, 3.63) is 52.3 Å². The minimum atomic E-state index is -0.433. The lowest BCUT2D eigenvalue weighted by Crippen LogP contribution is -2.35. The van der Waals surface area contributed by atoms with Gasteiger partial charge in [-0.05, 0) is 25.5 Å². The van der Waals surface area contributed by atoms with Gasteiger partial charge >= 0.3 is 11.7 Å². The first kappa shape index (κ1) is 21.4. The predicted octanol–water partition coefficient (Wildman–Crippen LogP) is 2.40. The average molecular weight is 406 g/mol. The lowest BCUT2D eigenvalue weighted by atomic mass is 10.2. The van der Waals surface area contributed by atoms with Gasteiger partial charge in [0.05, 0.1) is 12.8 Å². The molecule has 9 heteroatoms. The largest absolute Gasteiger partial charge is 0.494 e. The molecule has 0 unspecified atom stereocenters. The van der Waals surface area contributed by atoms with E-state index < -0.39 is 11.7 Å². The first-order chi connectivity index (χ1) is 12.9. The zero-order valence-electron chi connectivity index (χ0n) is 16.4. The zero-order valence-corrected chi connectivity index (χ0v) is 17.2. The van der Waals surface area contributed by atoms with E-state index in [1.165, 1.54) is 15.0 Å². The summed E-state index contributed by atoms with van der Waals surface area (Å²) in [6.45, 7) is 2.56. The maximum atomic E-state index is 12.4. The fourth-order valence-corrected chi connectivity index (χ4v) is 2.69. The molecule has 0 bridgehead atoms. The summed E-state index contributed by atoms with van der Waals surface area (Å²) in [7, 11) is 4.79. The fraction of sp³-hybridized carbons (Fsp3) is 0.368. The summed E-state index contributed by atoms with van der Waals surface area (Å²) in [5.41, 5.74) is 1.60. The Morgan fingerprint density at radius 2 is 1.89 bits per heavy atom. The molecule has 2 aromatic heterocycles. The van der Waals surface area contributed by atoms with Gasteiger partial charge in [-0.2, -0.15) is 4.57 Å². The summed E-state index contributed by atoms with van der Waals surface area (Å²) in [6.07, 6.45) is 2.89. The summed E-state index contributed by atoms with van der Waals surface area (Å²) in [5.74, 6) is 1.39. The second-order valence-corrected chi connectivity index (χ2v) is 6.61. The van der Waals surface area contributed by atoms with Gasteiger partial charge in [-0.25, -0.2) is 19.6 Å². The van der Waals surface area contributed by atoms with Crippen LogP contribution >= 0.6 is 12.4 Å². The molecule has 0 atom stereocenters. The fourth-order valence-electron chi connectivity index (χ4n) is 2.69. The highest BCUT2D eigenvalue weighted by molar-refractivity contribution is 5.86. The van der Waals surface area contributed by atoms with Crippen molar-refractivity contribution in [1.29, 1.82) is 0 Å². The third kappa shape index (κ3) is 4.33. The molecule has 3 aromatic rings. The second-order valence-electron chi connectivity index (χ2n) is 6.61. The minimum absolute atomic E-state index is 0. The Labute approximate surface area is 169 Å². The van der Waals surface area contributed by atoms with Gasteiger partial charge in [-0.15, -0.1) is 12.4 Å². The Hall–Kier alpha value is -2.87. The number of aromatic nitrogens is 4. The number of imidazole rings is 1. The monoisotopic (exact) mass is 405 g/mol. The van der Waals surface area contributed by atoms with Gasteiger partial charge in [0, 0.05) is 27.6 Å². The van der Waals surface area contributed by atoms with Gasteiger partial charge in [0.25, 0.3) is 0 Å². The van der Waals surface area contributed by atoms with Gasteiger partial charge in [0.15, 0.2) is 5.65 Å². The van der Waals surface area contributed by atoms with E-state index in [2.05, 4.69) is 9.97 Å². The molecule has 3 rings (SSSR count). The number of hydrogen-bond donors (Lipinski definition) is 0. The highest BCUT2D eigenvalue weighted by Crippen LogP contribution is 2.13. The van der Waals surface area contributed by atoms with Crippen LogP contribution in [0.2, 0.25) is 0 Å². The van der Waals surface area contributed by atoms with Crippen LogP contribution < -0.4 is 10.4 Å². The van der Waals surface area contributed by atoms with E-state index in [-0.39, 0.29) is 12.4 Å². The van der Waals surface area contributed by atoms with Crippen molar-refractivity contribution >= 4 is 29.6 Å². The Bertz CT molecular complexity index is 1020. The van der Waals surface area contributed by atoms with Crippen molar-refractivity contribution in [2.45, 2.75) is 19.8 Å². The first-order valence-electron chi connectivity index (χ1n) is 8.73. The molecule has 0 aliphatic rings. The second kappa shape index (κ2) is 8.88.